The summed E-state index contributed by atoms with van der Waals surface area (Å²) < 4.78 is 10.9. The Morgan fingerprint density at radius 3 is 2.67 bits per heavy atom. The Hall–Kier alpha value is -1.80. The standard InChI is InChI=1S/C16H16BrNO5S/c1-9(2)23-14(19)8-18-15(20)13(24-16(18)21)7-10-4-5-12(22-3)11(17)6-10/h4-7,9H,8H2,1-3H3/b13-7-. The van der Waals surface area contributed by atoms with Crippen molar-refractivity contribution >= 4 is 50.9 Å². The molecule has 8 heteroatoms. The molecule has 0 spiro atoms. The van der Waals surface area contributed by atoms with Gasteiger partial charge in [-0.3, -0.25) is 19.3 Å². The van der Waals surface area contributed by atoms with Crippen LogP contribution in [0.2, 0.25) is 0 Å². The first-order valence-electron chi connectivity index (χ1n) is 7.10. The third-order valence-corrected chi connectivity index (χ3v) is 4.53. The van der Waals surface area contributed by atoms with E-state index in [0.717, 1.165) is 26.7 Å². The van der Waals surface area contributed by atoms with Crippen LogP contribution in [0.3, 0.4) is 0 Å². The zero-order valence-electron chi connectivity index (χ0n) is 13.4. The molecule has 1 heterocycles. The third kappa shape index (κ3) is 4.39. The molecule has 24 heavy (non-hydrogen) atoms. The largest absolute Gasteiger partial charge is 0.496 e. The van der Waals surface area contributed by atoms with Crippen molar-refractivity contribution < 1.29 is 23.9 Å². The van der Waals surface area contributed by atoms with Crippen LogP contribution in [0, 0.1) is 0 Å². The van der Waals surface area contributed by atoms with Crippen LogP contribution >= 0.6 is 27.7 Å². The number of carbonyl (C=O) groups excluding carboxylic acids is 3. The lowest BCUT2D eigenvalue weighted by Gasteiger charge is -2.13. The number of amides is 2. The molecule has 1 aromatic rings. The van der Waals surface area contributed by atoms with Gasteiger partial charge in [0.05, 0.1) is 22.6 Å². The molecule has 1 aliphatic heterocycles. The van der Waals surface area contributed by atoms with Crippen LogP contribution in [-0.2, 0) is 14.3 Å². The number of methoxy groups -OCH3 is 1. The van der Waals surface area contributed by atoms with Gasteiger partial charge in [0, 0.05) is 0 Å². The van der Waals surface area contributed by atoms with Gasteiger partial charge in [0.25, 0.3) is 11.1 Å². The molecule has 0 aliphatic carbocycles. The number of carbonyl (C=O) groups is 3. The zero-order chi connectivity index (χ0) is 17.9. The lowest BCUT2D eigenvalue weighted by Crippen LogP contribution is -2.35. The third-order valence-electron chi connectivity index (χ3n) is 3.00. The first kappa shape index (κ1) is 18.5. The molecule has 1 aliphatic rings. The number of halogens is 1. The van der Waals surface area contributed by atoms with Gasteiger partial charge in [-0.1, -0.05) is 6.07 Å². The summed E-state index contributed by atoms with van der Waals surface area (Å²) in [7, 11) is 1.56. The van der Waals surface area contributed by atoms with Gasteiger partial charge in [-0.2, -0.15) is 0 Å². The van der Waals surface area contributed by atoms with E-state index in [9.17, 15) is 14.4 Å². The Bertz CT molecular complexity index is 716. The minimum atomic E-state index is -0.610. The summed E-state index contributed by atoms with van der Waals surface area (Å²) in [5.74, 6) is -0.449. The van der Waals surface area contributed by atoms with E-state index in [1.54, 1.807) is 45.2 Å². The molecule has 2 amide bonds. The summed E-state index contributed by atoms with van der Waals surface area (Å²) >= 11 is 4.16. The molecule has 0 unspecified atom stereocenters. The van der Waals surface area contributed by atoms with Gasteiger partial charge >= 0.3 is 5.97 Å². The average molecular weight is 414 g/mol. The molecular formula is C16H16BrNO5S. The minimum absolute atomic E-state index is 0.259. The van der Waals surface area contributed by atoms with Crippen molar-refractivity contribution in [1.29, 1.82) is 0 Å². The number of ether oxygens (including phenoxy) is 2. The van der Waals surface area contributed by atoms with Gasteiger partial charge < -0.3 is 9.47 Å². The quantitative estimate of drug-likeness (QED) is 0.543. The van der Waals surface area contributed by atoms with Crippen molar-refractivity contribution in [2.45, 2.75) is 20.0 Å². The highest BCUT2D eigenvalue weighted by atomic mass is 79.9. The van der Waals surface area contributed by atoms with E-state index in [4.69, 9.17) is 9.47 Å². The Balaban J connectivity index is 2.15. The van der Waals surface area contributed by atoms with Crippen LogP contribution in [0.1, 0.15) is 19.4 Å². The first-order chi connectivity index (χ1) is 11.3. The summed E-state index contributed by atoms with van der Waals surface area (Å²) in [5.41, 5.74) is 0.734. The van der Waals surface area contributed by atoms with Gasteiger partial charge in [-0.25, -0.2) is 0 Å². The molecular weight excluding hydrogens is 398 g/mol. The molecule has 0 aromatic heterocycles. The molecule has 0 saturated carbocycles. The van der Waals surface area contributed by atoms with Crippen LogP contribution in [0.5, 0.6) is 5.75 Å². The Labute approximate surface area is 152 Å². The van der Waals surface area contributed by atoms with Crippen LogP contribution < -0.4 is 4.74 Å². The highest BCUT2D eigenvalue weighted by Crippen LogP contribution is 2.33. The van der Waals surface area contributed by atoms with Crippen molar-refractivity contribution in [1.82, 2.24) is 4.90 Å². The Kier molecular flexibility index (Phi) is 6.06. The Morgan fingerprint density at radius 2 is 2.08 bits per heavy atom. The number of hydrogen-bond donors (Lipinski definition) is 0. The number of esters is 1. The summed E-state index contributed by atoms with van der Waals surface area (Å²) in [4.78, 5) is 37.1. The van der Waals surface area contributed by atoms with E-state index < -0.39 is 17.1 Å². The average Bonchev–Trinajstić information content (AvgIpc) is 2.74. The van der Waals surface area contributed by atoms with Crippen LogP contribution in [-0.4, -0.2) is 41.8 Å². The van der Waals surface area contributed by atoms with E-state index in [1.807, 2.05) is 0 Å². The molecule has 0 atom stereocenters. The van der Waals surface area contributed by atoms with E-state index in [0.29, 0.717) is 5.75 Å². The van der Waals surface area contributed by atoms with Crippen LogP contribution in [0.4, 0.5) is 4.79 Å². The molecule has 1 aromatic carbocycles. The van der Waals surface area contributed by atoms with Crippen molar-refractivity contribution in [2.24, 2.45) is 0 Å². The highest BCUT2D eigenvalue weighted by Gasteiger charge is 2.36. The van der Waals surface area contributed by atoms with Gasteiger partial charge in [-0.05, 0) is 65.3 Å². The molecule has 2 rings (SSSR count). The van der Waals surface area contributed by atoms with E-state index in [-0.39, 0.29) is 17.6 Å². The van der Waals surface area contributed by atoms with Crippen molar-refractivity contribution in [3.8, 4) is 5.75 Å². The molecule has 128 valence electrons. The van der Waals surface area contributed by atoms with E-state index in [2.05, 4.69) is 15.9 Å². The summed E-state index contributed by atoms with van der Waals surface area (Å²) in [6.45, 7) is 3.02. The molecule has 0 radical (unpaired) electrons. The van der Waals surface area contributed by atoms with Gasteiger partial charge in [0.1, 0.15) is 12.3 Å². The lowest BCUT2D eigenvalue weighted by atomic mass is 10.2. The van der Waals surface area contributed by atoms with Gasteiger partial charge in [0.2, 0.25) is 0 Å². The first-order valence-corrected chi connectivity index (χ1v) is 8.71. The molecule has 1 fully saturated rings. The minimum Gasteiger partial charge on any atom is -0.496 e. The molecule has 1 saturated heterocycles. The number of thioether (sulfide) groups is 1. The maximum Gasteiger partial charge on any atom is 0.326 e. The molecule has 0 bridgehead atoms. The predicted molar refractivity (Wildman–Crippen MR) is 94.6 cm³/mol. The Morgan fingerprint density at radius 1 is 1.38 bits per heavy atom. The highest BCUT2D eigenvalue weighted by molar-refractivity contribution is 9.10. The van der Waals surface area contributed by atoms with Crippen LogP contribution in [0.25, 0.3) is 6.08 Å². The number of imide groups is 1. The fraction of sp³-hybridized carbons (Fsp3) is 0.312. The predicted octanol–water partition coefficient (Wildman–Crippen LogP) is 3.45. The fourth-order valence-electron chi connectivity index (χ4n) is 1.99. The van der Waals surface area contributed by atoms with E-state index >= 15 is 0 Å². The molecule has 6 nitrogen and oxygen atoms in total. The normalized spacial score (nSPS) is 16.2. The fourth-order valence-corrected chi connectivity index (χ4v) is 3.39. The second kappa shape index (κ2) is 7.85. The number of nitrogens with zero attached hydrogens (tertiary/aromatic N) is 1. The number of benzene rings is 1. The smallest absolute Gasteiger partial charge is 0.326 e. The maximum absolute atomic E-state index is 12.3. The summed E-state index contributed by atoms with van der Waals surface area (Å²) in [6.07, 6.45) is 1.30. The summed E-state index contributed by atoms with van der Waals surface area (Å²) in [6, 6.07) is 5.30. The van der Waals surface area contributed by atoms with Gasteiger partial charge in [0.15, 0.2) is 0 Å². The summed E-state index contributed by atoms with van der Waals surface area (Å²) in [5, 5.41) is -0.487. The second-order valence-corrected chi connectivity index (χ2v) is 7.05. The molecule has 0 N–H and O–H groups in total. The van der Waals surface area contributed by atoms with Crippen molar-refractivity contribution in [3.63, 3.8) is 0 Å². The second-order valence-electron chi connectivity index (χ2n) is 5.20. The van der Waals surface area contributed by atoms with Gasteiger partial charge in [-0.15, -0.1) is 0 Å². The number of rotatable bonds is 5. The lowest BCUT2D eigenvalue weighted by molar-refractivity contribution is -0.149. The SMILES string of the molecule is COc1ccc(/C=C2\SC(=O)N(CC(=O)OC(C)C)C2=O)cc1Br. The zero-order valence-corrected chi connectivity index (χ0v) is 15.8. The monoisotopic (exact) mass is 413 g/mol. The van der Waals surface area contributed by atoms with Crippen molar-refractivity contribution in [2.75, 3.05) is 13.7 Å². The topological polar surface area (TPSA) is 72.9 Å². The van der Waals surface area contributed by atoms with Crippen LogP contribution in [0.15, 0.2) is 27.6 Å². The maximum atomic E-state index is 12.3. The van der Waals surface area contributed by atoms with E-state index in [1.165, 1.54) is 0 Å². The number of hydrogen-bond acceptors (Lipinski definition) is 6. The van der Waals surface area contributed by atoms with Crippen molar-refractivity contribution in [3.05, 3.63) is 33.1 Å².